The van der Waals surface area contributed by atoms with Gasteiger partial charge in [0, 0.05) is 12.1 Å². The van der Waals surface area contributed by atoms with Crippen LogP contribution in [0.3, 0.4) is 0 Å². The van der Waals surface area contributed by atoms with Crippen molar-refractivity contribution in [2.24, 2.45) is 5.92 Å². The minimum atomic E-state index is 0.534. The largest absolute Gasteiger partial charge is 0.307 e. The van der Waals surface area contributed by atoms with Crippen LogP contribution in [0.25, 0.3) is 0 Å². The van der Waals surface area contributed by atoms with Gasteiger partial charge >= 0.3 is 0 Å². The third-order valence-corrected chi connectivity index (χ3v) is 4.44. The van der Waals surface area contributed by atoms with Crippen LogP contribution in [0.5, 0.6) is 0 Å². The summed E-state index contributed by atoms with van der Waals surface area (Å²) in [6.45, 7) is 6.76. The van der Waals surface area contributed by atoms with Gasteiger partial charge in [0.15, 0.2) is 0 Å². The Morgan fingerprint density at radius 1 is 1.17 bits per heavy atom. The van der Waals surface area contributed by atoms with E-state index in [1.165, 1.54) is 43.2 Å². The normalized spacial score (nSPS) is 25.3. The Kier molecular flexibility index (Phi) is 4.82. The zero-order chi connectivity index (χ0) is 13.0. The first-order valence-corrected chi connectivity index (χ1v) is 7.55. The smallest absolute Gasteiger partial charge is 0.0320 e. The first kappa shape index (κ1) is 13.6. The second-order valence-electron chi connectivity index (χ2n) is 5.82. The van der Waals surface area contributed by atoms with Crippen molar-refractivity contribution in [1.82, 2.24) is 5.32 Å². The van der Waals surface area contributed by atoms with Gasteiger partial charge in [-0.05, 0) is 44.1 Å². The van der Waals surface area contributed by atoms with Crippen molar-refractivity contribution in [2.45, 2.75) is 65.0 Å². The highest BCUT2D eigenvalue weighted by molar-refractivity contribution is 5.24. The van der Waals surface area contributed by atoms with Crippen molar-refractivity contribution < 1.29 is 0 Å². The van der Waals surface area contributed by atoms with Crippen molar-refractivity contribution in [2.75, 3.05) is 0 Å². The van der Waals surface area contributed by atoms with Gasteiger partial charge in [-0.15, -0.1) is 0 Å². The van der Waals surface area contributed by atoms with Crippen LogP contribution in [0.2, 0.25) is 0 Å². The highest BCUT2D eigenvalue weighted by Crippen LogP contribution is 2.30. The quantitative estimate of drug-likeness (QED) is 0.798. The lowest BCUT2D eigenvalue weighted by atomic mass is 10.0. The first-order chi connectivity index (χ1) is 8.72. The van der Waals surface area contributed by atoms with Gasteiger partial charge in [0.2, 0.25) is 0 Å². The Morgan fingerprint density at radius 2 is 1.89 bits per heavy atom. The average molecular weight is 245 g/mol. The van der Waals surface area contributed by atoms with E-state index in [9.17, 15) is 0 Å². The van der Waals surface area contributed by atoms with E-state index >= 15 is 0 Å². The van der Waals surface area contributed by atoms with Gasteiger partial charge in [0.25, 0.3) is 0 Å². The summed E-state index contributed by atoms with van der Waals surface area (Å²) in [5.41, 5.74) is 2.79. The molecule has 1 heteroatoms. The lowest BCUT2D eigenvalue weighted by Gasteiger charge is -2.22. The molecule has 2 rings (SSSR count). The molecule has 1 nitrogen and oxygen atoms in total. The highest BCUT2D eigenvalue weighted by atomic mass is 15.0. The van der Waals surface area contributed by atoms with Crippen LogP contribution in [0.15, 0.2) is 24.3 Å². The maximum Gasteiger partial charge on any atom is 0.0320 e. The van der Waals surface area contributed by atoms with E-state index in [0.29, 0.717) is 6.04 Å². The molecule has 1 saturated carbocycles. The molecule has 1 aliphatic rings. The number of hydrogen-bond acceptors (Lipinski definition) is 1. The predicted octanol–water partition coefficient (Wildman–Crippen LogP) is 4.61. The van der Waals surface area contributed by atoms with Crippen LogP contribution in [-0.2, 0) is 0 Å². The number of rotatable bonds is 5. The molecule has 3 atom stereocenters. The van der Waals surface area contributed by atoms with Crippen molar-refractivity contribution >= 4 is 0 Å². The summed E-state index contributed by atoms with van der Waals surface area (Å²) in [5.74, 6) is 0.957. The fourth-order valence-electron chi connectivity index (χ4n) is 3.13. The zero-order valence-corrected chi connectivity index (χ0v) is 12.1. The van der Waals surface area contributed by atoms with Gasteiger partial charge in [0.05, 0.1) is 0 Å². The van der Waals surface area contributed by atoms with Gasteiger partial charge in [0.1, 0.15) is 0 Å². The summed E-state index contributed by atoms with van der Waals surface area (Å²) in [7, 11) is 0. The summed E-state index contributed by atoms with van der Waals surface area (Å²) in [6.07, 6.45) is 6.67. The Bertz CT molecular complexity index is 354. The zero-order valence-electron chi connectivity index (χ0n) is 12.1. The molecule has 1 aliphatic carbocycles. The Hall–Kier alpha value is -0.820. The number of hydrogen-bond donors (Lipinski definition) is 1. The second kappa shape index (κ2) is 6.38. The molecule has 0 saturated heterocycles. The summed E-state index contributed by atoms with van der Waals surface area (Å²) in [4.78, 5) is 0. The standard InChI is InChI=1S/C17H27N/c1-4-14-8-11-16(12-14)18-17(5-2)15-9-6-13(3)7-10-15/h6-7,9-10,14,16-18H,4-5,8,11-12H2,1-3H3. The molecule has 3 unspecified atom stereocenters. The predicted molar refractivity (Wildman–Crippen MR) is 78.8 cm³/mol. The van der Waals surface area contributed by atoms with E-state index in [1.807, 2.05) is 0 Å². The Balaban J connectivity index is 1.95. The summed E-state index contributed by atoms with van der Waals surface area (Å²) in [5, 5.41) is 3.87. The Labute approximate surface area is 112 Å². The molecule has 0 bridgehead atoms. The topological polar surface area (TPSA) is 12.0 Å². The van der Waals surface area contributed by atoms with Crippen LogP contribution in [0.4, 0.5) is 0 Å². The fraction of sp³-hybridized carbons (Fsp3) is 0.647. The van der Waals surface area contributed by atoms with E-state index in [1.54, 1.807) is 0 Å². The SMILES string of the molecule is CCC1CCC(NC(CC)c2ccc(C)cc2)C1. The van der Waals surface area contributed by atoms with Crippen LogP contribution < -0.4 is 5.32 Å². The molecule has 18 heavy (non-hydrogen) atoms. The van der Waals surface area contributed by atoms with Crippen molar-refractivity contribution in [1.29, 1.82) is 0 Å². The van der Waals surface area contributed by atoms with Crippen LogP contribution >= 0.6 is 0 Å². The van der Waals surface area contributed by atoms with Gasteiger partial charge in [-0.3, -0.25) is 0 Å². The van der Waals surface area contributed by atoms with Crippen molar-refractivity contribution in [3.63, 3.8) is 0 Å². The molecule has 100 valence electrons. The monoisotopic (exact) mass is 245 g/mol. The number of aryl methyl sites for hydroxylation is 1. The number of nitrogens with one attached hydrogen (secondary N) is 1. The molecule has 1 fully saturated rings. The van der Waals surface area contributed by atoms with E-state index in [0.717, 1.165) is 12.0 Å². The van der Waals surface area contributed by atoms with Crippen molar-refractivity contribution in [3.05, 3.63) is 35.4 Å². The number of benzene rings is 1. The molecule has 0 amide bonds. The molecule has 0 aromatic heterocycles. The third kappa shape index (κ3) is 3.35. The highest BCUT2D eigenvalue weighted by Gasteiger charge is 2.25. The molecular formula is C17H27N. The van der Waals surface area contributed by atoms with Gasteiger partial charge < -0.3 is 5.32 Å². The van der Waals surface area contributed by atoms with Gasteiger partial charge in [-0.25, -0.2) is 0 Å². The lowest BCUT2D eigenvalue weighted by Crippen LogP contribution is -2.30. The van der Waals surface area contributed by atoms with Crippen LogP contribution in [0.1, 0.15) is 63.1 Å². The molecule has 1 aromatic rings. The van der Waals surface area contributed by atoms with Gasteiger partial charge in [-0.2, -0.15) is 0 Å². The third-order valence-electron chi connectivity index (χ3n) is 4.44. The molecule has 0 aliphatic heterocycles. The fourth-order valence-corrected chi connectivity index (χ4v) is 3.13. The first-order valence-electron chi connectivity index (χ1n) is 7.55. The second-order valence-corrected chi connectivity index (χ2v) is 5.82. The van der Waals surface area contributed by atoms with E-state index in [2.05, 4.69) is 50.4 Å². The minimum absolute atomic E-state index is 0.534. The Morgan fingerprint density at radius 3 is 2.44 bits per heavy atom. The molecule has 0 radical (unpaired) electrons. The molecule has 0 heterocycles. The summed E-state index contributed by atoms with van der Waals surface area (Å²) in [6, 6.07) is 10.3. The molecule has 1 N–H and O–H groups in total. The summed E-state index contributed by atoms with van der Waals surface area (Å²) < 4.78 is 0. The van der Waals surface area contributed by atoms with E-state index in [-0.39, 0.29) is 0 Å². The molecule has 1 aromatic carbocycles. The van der Waals surface area contributed by atoms with E-state index < -0.39 is 0 Å². The molecular weight excluding hydrogens is 218 g/mol. The average Bonchev–Trinajstić information content (AvgIpc) is 2.85. The lowest BCUT2D eigenvalue weighted by molar-refractivity contribution is 0.414. The van der Waals surface area contributed by atoms with Gasteiger partial charge in [-0.1, -0.05) is 50.1 Å². The molecule has 0 spiro atoms. The maximum atomic E-state index is 3.87. The van der Waals surface area contributed by atoms with Crippen molar-refractivity contribution in [3.8, 4) is 0 Å². The minimum Gasteiger partial charge on any atom is -0.307 e. The van der Waals surface area contributed by atoms with E-state index in [4.69, 9.17) is 0 Å². The summed E-state index contributed by atoms with van der Waals surface area (Å²) >= 11 is 0. The maximum absolute atomic E-state index is 3.87. The van der Waals surface area contributed by atoms with Crippen LogP contribution in [-0.4, -0.2) is 6.04 Å². The van der Waals surface area contributed by atoms with Crippen LogP contribution in [0, 0.1) is 12.8 Å².